The number of aromatic carboxylic acids is 5. The highest BCUT2D eigenvalue weighted by Crippen LogP contribution is 2.11. The van der Waals surface area contributed by atoms with Gasteiger partial charge in [0.15, 0.2) is 0 Å². The van der Waals surface area contributed by atoms with Gasteiger partial charge in [0.2, 0.25) is 0 Å². The first kappa shape index (κ1) is 20.8. The molecule has 0 aliphatic rings. The van der Waals surface area contributed by atoms with Crippen molar-refractivity contribution in [2.45, 2.75) is 0 Å². The Morgan fingerprint density at radius 2 is 0.667 bits per heavy atom. The third-order valence-electron chi connectivity index (χ3n) is 3.03. The van der Waals surface area contributed by atoms with Gasteiger partial charge >= 0.3 is 29.8 Å². The van der Waals surface area contributed by atoms with Crippen LogP contribution in [-0.4, -0.2) is 55.4 Å². The van der Waals surface area contributed by atoms with Crippen molar-refractivity contribution in [3.8, 4) is 0 Å². The molecule has 0 fully saturated rings. The zero-order valence-corrected chi connectivity index (χ0v) is 13.3. The van der Waals surface area contributed by atoms with Crippen LogP contribution in [0.25, 0.3) is 0 Å². The van der Waals surface area contributed by atoms with E-state index in [0.717, 1.165) is 24.3 Å². The van der Waals surface area contributed by atoms with Gasteiger partial charge in [0.1, 0.15) is 0 Å². The van der Waals surface area contributed by atoms with Gasteiger partial charge in [0, 0.05) is 0 Å². The zero-order valence-electron chi connectivity index (χ0n) is 13.3. The number of hydrogen-bond donors (Lipinski definition) is 5. The average Bonchev–Trinajstić information content (AvgIpc) is 2.61. The molecule has 2 aromatic rings. The van der Waals surface area contributed by atoms with E-state index < -0.39 is 29.8 Å². The summed E-state index contributed by atoms with van der Waals surface area (Å²) >= 11 is 0. The van der Waals surface area contributed by atoms with Crippen molar-refractivity contribution in [1.82, 2.24) is 0 Å². The van der Waals surface area contributed by atoms with Crippen LogP contribution < -0.4 is 0 Å². The number of benzene rings is 2. The molecule has 0 aliphatic heterocycles. The summed E-state index contributed by atoms with van der Waals surface area (Å²) in [7, 11) is 0. The van der Waals surface area contributed by atoms with Gasteiger partial charge in [-0.1, -0.05) is 6.07 Å². The second kappa shape index (κ2) is 8.76. The quantitative estimate of drug-likeness (QED) is 0.515. The largest absolute Gasteiger partial charge is 0.478 e. The van der Waals surface area contributed by atoms with Gasteiger partial charge in [0.25, 0.3) is 0 Å². The van der Waals surface area contributed by atoms with Crippen molar-refractivity contribution in [2.24, 2.45) is 0 Å². The van der Waals surface area contributed by atoms with Crippen LogP contribution in [0.15, 0.2) is 42.5 Å². The van der Waals surface area contributed by atoms with Crippen LogP contribution in [0, 0.1) is 0 Å². The molecule has 27 heavy (non-hydrogen) atoms. The molecule has 0 heterocycles. The molecule has 0 aliphatic carbocycles. The summed E-state index contributed by atoms with van der Waals surface area (Å²) in [6.45, 7) is 0. The van der Waals surface area contributed by atoms with Gasteiger partial charge in [-0.3, -0.25) is 0 Å². The Morgan fingerprint density at radius 3 is 0.889 bits per heavy atom. The van der Waals surface area contributed by atoms with E-state index in [0.29, 0.717) is 0 Å². The molecule has 0 spiro atoms. The summed E-state index contributed by atoms with van der Waals surface area (Å²) in [5.41, 5.74) is -1.14. The summed E-state index contributed by atoms with van der Waals surface area (Å²) in [6.07, 6.45) is 0. The minimum absolute atomic E-state index is 0.0186. The Labute approximate surface area is 150 Å². The van der Waals surface area contributed by atoms with Gasteiger partial charge in [-0.25, -0.2) is 24.0 Å². The molecule has 0 atom stereocenters. The lowest BCUT2D eigenvalue weighted by Crippen LogP contribution is -2.07. The Bertz CT molecular complexity index is 821. The number of rotatable bonds is 5. The topological polar surface area (TPSA) is 186 Å². The fourth-order valence-electron chi connectivity index (χ4n) is 1.78. The highest BCUT2D eigenvalue weighted by Gasteiger charge is 2.14. The number of carboxylic acid groups (broad SMARTS) is 5. The normalized spacial score (nSPS) is 9.48. The predicted molar refractivity (Wildman–Crippen MR) is 87.7 cm³/mol. The van der Waals surface area contributed by atoms with Crippen LogP contribution in [0.1, 0.15) is 51.8 Å². The second-order valence-corrected chi connectivity index (χ2v) is 4.91. The van der Waals surface area contributed by atoms with Crippen molar-refractivity contribution in [2.75, 3.05) is 0 Å². The molecule has 0 saturated carbocycles. The maximum atomic E-state index is 10.6. The SMILES string of the molecule is O=C(O)c1cc(C(=O)O)cc(C(=O)O)c1.O=C(O)c1cccc(C(=O)O)c1. The molecule has 0 aromatic heterocycles. The van der Waals surface area contributed by atoms with E-state index >= 15 is 0 Å². The third-order valence-corrected chi connectivity index (χ3v) is 3.03. The summed E-state index contributed by atoms with van der Waals surface area (Å²) in [4.78, 5) is 52.5. The predicted octanol–water partition coefficient (Wildman–Crippen LogP) is 1.86. The smallest absolute Gasteiger partial charge is 0.335 e. The minimum atomic E-state index is -1.37. The first-order valence-corrected chi connectivity index (χ1v) is 6.94. The van der Waals surface area contributed by atoms with Crippen molar-refractivity contribution < 1.29 is 49.5 Å². The number of hydrogen-bond acceptors (Lipinski definition) is 5. The zero-order chi connectivity index (χ0) is 20.7. The Balaban J connectivity index is 0.000000277. The fourth-order valence-corrected chi connectivity index (χ4v) is 1.78. The lowest BCUT2D eigenvalue weighted by molar-refractivity contribution is 0.0672. The number of carboxylic acids is 5. The molecule has 0 unspecified atom stereocenters. The van der Waals surface area contributed by atoms with E-state index in [2.05, 4.69) is 0 Å². The molecule has 0 saturated heterocycles. The van der Waals surface area contributed by atoms with Crippen molar-refractivity contribution in [3.05, 3.63) is 70.3 Å². The van der Waals surface area contributed by atoms with E-state index in [9.17, 15) is 24.0 Å². The second-order valence-electron chi connectivity index (χ2n) is 4.91. The maximum Gasteiger partial charge on any atom is 0.335 e. The van der Waals surface area contributed by atoms with E-state index in [1.165, 1.54) is 18.2 Å². The molecule has 140 valence electrons. The average molecular weight is 376 g/mol. The molecule has 2 rings (SSSR count). The highest BCUT2D eigenvalue weighted by atomic mass is 16.4. The first-order valence-electron chi connectivity index (χ1n) is 6.94. The lowest BCUT2D eigenvalue weighted by atomic mass is 10.1. The molecule has 0 bridgehead atoms. The van der Waals surface area contributed by atoms with E-state index in [1.807, 2.05) is 0 Å². The lowest BCUT2D eigenvalue weighted by Gasteiger charge is -2.00. The standard InChI is InChI=1S/C9H6O6.C8H6O4/c10-7(11)4-1-5(8(12)13)3-6(2-4)9(14)15;9-7(10)5-2-1-3-6(4-5)8(11)12/h1-3H,(H,10,11)(H,12,13)(H,14,15);1-4H,(H,9,10)(H,11,12). The van der Waals surface area contributed by atoms with Crippen molar-refractivity contribution in [3.63, 3.8) is 0 Å². The minimum Gasteiger partial charge on any atom is -0.478 e. The molecule has 10 nitrogen and oxygen atoms in total. The Kier molecular flexibility index (Phi) is 6.76. The molecular formula is C17H12O10. The van der Waals surface area contributed by atoms with Crippen LogP contribution in [0.5, 0.6) is 0 Å². The van der Waals surface area contributed by atoms with Gasteiger partial charge in [-0.05, 0) is 36.4 Å². The molecule has 0 radical (unpaired) electrons. The van der Waals surface area contributed by atoms with Crippen molar-refractivity contribution >= 4 is 29.8 Å². The van der Waals surface area contributed by atoms with Crippen LogP contribution in [0.2, 0.25) is 0 Å². The first-order chi connectivity index (χ1) is 12.5. The highest BCUT2D eigenvalue weighted by molar-refractivity contribution is 5.99. The summed E-state index contributed by atoms with van der Waals surface area (Å²) in [5.74, 6) is -6.38. The van der Waals surface area contributed by atoms with Crippen molar-refractivity contribution in [1.29, 1.82) is 0 Å². The van der Waals surface area contributed by atoms with E-state index in [4.69, 9.17) is 25.5 Å². The van der Waals surface area contributed by atoms with Crippen LogP contribution >= 0.6 is 0 Å². The summed E-state index contributed by atoms with van der Waals surface area (Å²) in [5, 5.41) is 42.8. The Hall–Kier alpha value is -4.21. The van der Waals surface area contributed by atoms with E-state index in [-0.39, 0.29) is 27.8 Å². The monoisotopic (exact) mass is 376 g/mol. The third kappa shape index (κ3) is 5.98. The maximum absolute atomic E-state index is 10.6. The molecule has 2 aromatic carbocycles. The van der Waals surface area contributed by atoms with Gasteiger partial charge in [0.05, 0.1) is 27.8 Å². The van der Waals surface area contributed by atoms with Crippen LogP contribution in [0.3, 0.4) is 0 Å². The van der Waals surface area contributed by atoms with Gasteiger partial charge < -0.3 is 25.5 Å². The summed E-state index contributed by atoms with van der Waals surface area (Å²) in [6, 6.07) is 7.90. The number of carbonyl (C=O) groups is 5. The Morgan fingerprint density at radius 1 is 0.444 bits per heavy atom. The molecule has 0 amide bonds. The molecular weight excluding hydrogens is 364 g/mol. The molecule has 10 heteroatoms. The summed E-state index contributed by atoms with van der Waals surface area (Å²) < 4.78 is 0. The molecule has 5 N–H and O–H groups in total. The fraction of sp³-hybridized carbons (Fsp3) is 0. The van der Waals surface area contributed by atoms with Crippen LogP contribution in [-0.2, 0) is 0 Å². The van der Waals surface area contributed by atoms with Gasteiger partial charge in [-0.2, -0.15) is 0 Å². The van der Waals surface area contributed by atoms with E-state index in [1.54, 1.807) is 0 Å². The van der Waals surface area contributed by atoms with Gasteiger partial charge in [-0.15, -0.1) is 0 Å². The van der Waals surface area contributed by atoms with Crippen LogP contribution in [0.4, 0.5) is 0 Å².